The summed E-state index contributed by atoms with van der Waals surface area (Å²) in [6.07, 6.45) is 2.01. The van der Waals surface area contributed by atoms with Gasteiger partial charge >= 0.3 is 0 Å². The highest BCUT2D eigenvalue weighted by molar-refractivity contribution is 9.10. The van der Waals surface area contributed by atoms with Gasteiger partial charge in [-0.1, -0.05) is 27.6 Å². The fraction of sp³-hybridized carbons (Fsp3) is 0.273. The van der Waals surface area contributed by atoms with Gasteiger partial charge in [-0.15, -0.1) is 0 Å². The first kappa shape index (κ1) is 11.2. The van der Waals surface area contributed by atoms with E-state index < -0.39 is 0 Å². The standard InChI is InChI=1S/C11H13BrFN/c1-8(2)5-6-14-11-7-9(12)3-4-10(11)13/h3-5,7,14H,6H2,1-2H3. The fourth-order valence-electron chi connectivity index (χ4n) is 0.998. The second-order valence-electron chi connectivity index (χ2n) is 3.29. The van der Waals surface area contributed by atoms with Gasteiger partial charge in [-0.2, -0.15) is 0 Å². The molecule has 0 aromatic heterocycles. The molecule has 1 aromatic rings. The van der Waals surface area contributed by atoms with E-state index in [0.717, 1.165) is 4.47 Å². The summed E-state index contributed by atoms with van der Waals surface area (Å²) in [5.41, 5.74) is 1.74. The van der Waals surface area contributed by atoms with Crippen LogP contribution in [0, 0.1) is 5.82 Å². The molecule has 1 N–H and O–H groups in total. The number of benzene rings is 1. The van der Waals surface area contributed by atoms with E-state index in [0.29, 0.717) is 12.2 Å². The van der Waals surface area contributed by atoms with Crippen LogP contribution in [0.25, 0.3) is 0 Å². The van der Waals surface area contributed by atoms with Gasteiger partial charge in [-0.3, -0.25) is 0 Å². The van der Waals surface area contributed by atoms with Crippen LogP contribution in [0.1, 0.15) is 13.8 Å². The Labute approximate surface area is 92.1 Å². The molecule has 0 aliphatic rings. The maximum Gasteiger partial charge on any atom is 0.146 e. The predicted octanol–water partition coefficient (Wildman–Crippen LogP) is 3.97. The summed E-state index contributed by atoms with van der Waals surface area (Å²) in [5.74, 6) is -0.227. The maximum atomic E-state index is 13.2. The fourth-order valence-corrected chi connectivity index (χ4v) is 1.36. The van der Waals surface area contributed by atoms with Crippen LogP contribution in [0.4, 0.5) is 10.1 Å². The lowest BCUT2D eigenvalue weighted by molar-refractivity contribution is 0.630. The van der Waals surface area contributed by atoms with Crippen LogP contribution in [0.2, 0.25) is 0 Å². The molecule has 0 radical (unpaired) electrons. The first-order chi connectivity index (χ1) is 6.59. The number of anilines is 1. The quantitative estimate of drug-likeness (QED) is 0.809. The molecule has 1 nitrogen and oxygen atoms in total. The molecule has 0 bridgehead atoms. The summed E-state index contributed by atoms with van der Waals surface area (Å²) < 4.78 is 14.1. The van der Waals surface area contributed by atoms with Crippen molar-refractivity contribution in [3.8, 4) is 0 Å². The van der Waals surface area contributed by atoms with Crippen molar-refractivity contribution in [2.75, 3.05) is 11.9 Å². The molecule has 0 heterocycles. The molecule has 0 amide bonds. The SMILES string of the molecule is CC(C)=CCNc1cc(Br)ccc1F. The van der Waals surface area contributed by atoms with Crippen LogP contribution in [0.5, 0.6) is 0 Å². The van der Waals surface area contributed by atoms with Gasteiger partial charge in [0.15, 0.2) is 0 Å². The maximum absolute atomic E-state index is 13.2. The molecule has 0 aliphatic carbocycles. The molecule has 0 unspecified atom stereocenters. The molecule has 0 aliphatic heterocycles. The Kier molecular flexibility index (Phi) is 4.14. The van der Waals surface area contributed by atoms with E-state index in [1.54, 1.807) is 12.1 Å². The van der Waals surface area contributed by atoms with Crippen molar-refractivity contribution in [3.63, 3.8) is 0 Å². The third kappa shape index (κ3) is 3.50. The van der Waals surface area contributed by atoms with Gasteiger partial charge in [-0.05, 0) is 32.0 Å². The summed E-state index contributed by atoms with van der Waals surface area (Å²) in [5, 5.41) is 3.00. The average molecular weight is 258 g/mol. The molecular formula is C11H13BrFN. The molecule has 76 valence electrons. The van der Waals surface area contributed by atoms with Crippen molar-refractivity contribution < 1.29 is 4.39 Å². The molecule has 1 aromatic carbocycles. The van der Waals surface area contributed by atoms with Crippen LogP contribution in [0.15, 0.2) is 34.3 Å². The Morgan fingerprint density at radius 3 is 2.86 bits per heavy atom. The zero-order valence-corrected chi connectivity index (χ0v) is 9.86. The minimum atomic E-state index is -0.227. The number of halogens is 2. The zero-order chi connectivity index (χ0) is 10.6. The van der Waals surface area contributed by atoms with Crippen molar-refractivity contribution in [3.05, 3.63) is 40.1 Å². The van der Waals surface area contributed by atoms with Crippen LogP contribution < -0.4 is 5.32 Å². The van der Waals surface area contributed by atoms with Crippen molar-refractivity contribution in [2.24, 2.45) is 0 Å². The van der Waals surface area contributed by atoms with Crippen LogP contribution in [0.3, 0.4) is 0 Å². The largest absolute Gasteiger partial charge is 0.379 e. The number of hydrogen-bond donors (Lipinski definition) is 1. The van der Waals surface area contributed by atoms with Crippen LogP contribution in [-0.2, 0) is 0 Å². The Bertz CT molecular complexity index is 343. The summed E-state index contributed by atoms with van der Waals surface area (Å²) in [6, 6.07) is 4.85. The van der Waals surface area contributed by atoms with Crippen molar-refractivity contribution >= 4 is 21.6 Å². The Hall–Kier alpha value is -0.830. The zero-order valence-electron chi connectivity index (χ0n) is 8.27. The van der Waals surface area contributed by atoms with Gasteiger partial charge in [0, 0.05) is 11.0 Å². The number of rotatable bonds is 3. The van der Waals surface area contributed by atoms with Gasteiger partial charge in [-0.25, -0.2) is 4.39 Å². The van der Waals surface area contributed by atoms with Crippen LogP contribution >= 0.6 is 15.9 Å². The molecule has 0 atom stereocenters. The molecule has 1 rings (SSSR count). The lowest BCUT2D eigenvalue weighted by atomic mass is 10.3. The van der Waals surface area contributed by atoms with E-state index in [2.05, 4.69) is 21.2 Å². The molecule has 0 saturated heterocycles. The first-order valence-electron chi connectivity index (χ1n) is 4.42. The normalized spacial score (nSPS) is 9.71. The summed E-state index contributed by atoms with van der Waals surface area (Å²) >= 11 is 3.30. The topological polar surface area (TPSA) is 12.0 Å². The molecule has 0 saturated carbocycles. The van der Waals surface area contributed by atoms with Gasteiger partial charge in [0.05, 0.1) is 5.69 Å². The summed E-state index contributed by atoms with van der Waals surface area (Å²) in [4.78, 5) is 0. The van der Waals surface area contributed by atoms with E-state index in [4.69, 9.17) is 0 Å². The van der Waals surface area contributed by atoms with Crippen molar-refractivity contribution in [1.29, 1.82) is 0 Å². The van der Waals surface area contributed by atoms with Gasteiger partial charge in [0.25, 0.3) is 0 Å². The van der Waals surface area contributed by atoms with E-state index in [1.165, 1.54) is 11.6 Å². The van der Waals surface area contributed by atoms with Gasteiger partial charge in [0.1, 0.15) is 5.82 Å². The van der Waals surface area contributed by atoms with E-state index in [-0.39, 0.29) is 5.82 Å². The third-order valence-electron chi connectivity index (χ3n) is 1.73. The Morgan fingerprint density at radius 1 is 1.50 bits per heavy atom. The Morgan fingerprint density at radius 2 is 2.21 bits per heavy atom. The van der Waals surface area contributed by atoms with Crippen LogP contribution in [-0.4, -0.2) is 6.54 Å². The van der Waals surface area contributed by atoms with Gasteiger partial charge < -0.3 is 5.32 Å². The summed E-state index contributed by atoms with van der Waals surface area (Å²) in [6.45, 7) is 4.67. The van der Waals surface area contributed by atoms with E-state index >= 15 is 0 Å². The van der Waals surface area contributed by atoms with Crippen molar-refractivity contribution in [2.45, 2.75) is 13.8 Å². The van der Waals surface area contributed by atoms with E-state index in [1.807, 2.05) is 19.9 Å². The number of nitrogens with one attached hydrogen (secondary N) is 1. The molecule has 3 heteroatoms. The minimum Gasteiger partial charge on any atom is -0.379 e. The second kappa shape index (κ2) is 5.15. The monoisotopic (exact) mass is 257 g/mol. The minimum absolute atomic E-state index is 0.227. The number of hydrogen-bond acceptors (Lipinski definition) is 1. The number of allylic oxidation sites excluding steroid dienone is 1. The highest BCUT2D eigenvalue weighted by Crippen LogP contribution is 2.19. The first-order valence-corrected chi connectivity index (χ1v) is 5.21. The van der Waals surface area contributed by atoms with E-state index in [9.17, 15) is 4.39 Å². The molecule has 0 spiro atoms. The molecule has 0 fully saturated rings. The Balaban J connectivity index is 2.67. The lowest BCUT2D eigenvalue weighted by Crippen LogP contribution is -2.00. The molecule has 14 heavy (non-hydrogen) atoms. The highest BCUT2D eigenvalue weighted by atomic mass is 79.9. The third-order valence-corrected chi connectivity index (χ3v) is 2.22. The average Bonchev–Trinajstić information content (AvgIpc) is 2.10. The predicted molar refractivity (Wildman–Crippen MR) is 62.0 cm³/mol. The molecular weight excluding hydrogens is 245 g/mol. The van der Waals surface area contributed by atoms with Crippen molar-refractivity contribution in [1.82, 2.24) is 0 Å². The smallest absolute Gasteiger partial charge is 0.146 e. The lowest BCUT2D eigenvalue weighted by Gasteiger charge is -2.05. The van der Waals surface area contributed by atoms with Gasteiger partial charge in [0.2, 0.25) is 0 Å². The highest BCUT2D eigenvalue weighted by Gasteiger charge is 2.00. The second-order valence-corrected chi connectivity index (χ2v) is 4.20. The summed E-state index contributed by atoms with van der Waals surface area (Å²) in [7, 11) is 0.